The Morgan fingerprint density at radius 1 is 1.37 bits per heavy atom. The second-order valence-corrected chi connectivity index (χ2v) is 5.32. The monoisotopic (exact) mass is 287 g/mol. The lowest BCUT2D eigenvalue weighted by molar-refractivity contribution is -0.137. The van der Waals surface area contributed by atoms with Crippen molar-refractivity contribution in [2.24, 2.45) is 0 Å². The molecule has 0 aliphatic rings. The van der Waals surface area contributed by atoms with E-state index in [4.69, 9.17) is 0 Å². The normalized spacial score (nSPS) is 12.1. The van der Waals surface area contributed by atoms with Crippen molar-refractivity contribution in [2.75, 3.05) is 6.61 Å². The van der Waals surface area contributed by atoms with Crippen LogP contribution in [0.3, 0.4) is 0 Å². The van der Waals surface area contributed by atoms with Gasteiger partial charge >= 0.3 is 5.97 Å². The minimum atomic E-state index is -3.83. The molecule has 0 amide bonds. The zero-order valence-corrected chi connectivity index (χ0v) is 11.3. The minimum absolute atomic E-state index is 0.0921. The number of nitrogens with one attached hydrogen (secondary N) is 1. The van der Waals surface area contributed by atoms with Crippen LogP contribution in [0.1, 0.15) is 13.8 Å². The molecule has 0 saturated heterocycles. The first-order valence-corrected chi connectivity index (χ1v) is 6.97. The minimum Gasteiger partial charge on any atom is -0.463 e. The first-order chi connectivity index (χ1) is 8.85. The molecular formula is C12H14FNO4S. The molecule has 1 aromatic carbocycles. The second kappa shape index (κ2) is 6.33. The fraction of sp³-hybridized carbons (Fsp3) is 0.250. The molecule has 104 valence electrons. The van der Waals surface area contributed by atoms with Gasteiger partial charge in [0.25, 0.3) is 10.0 Å². The van der Waals surface area contributed by atoms with Crippen molar-refractivity contribution in [1.82, 2.24) is 4.72 Å². The summed E-state index contributed by atoms with van der Waals surface area (Å²) in [7, 11) is -3.83. The quantitative estimate of drug-likeness (QED) is 0.659. The highest BCUT2D eigenvalue weighted by atomic mass is 32.2. The van der Waals surface area contributed by atoms with Crippen molar-refractivity contribution in [3.8, 4) is 0 Å². The van der Waals surface area contributed by atoms with Crippen molar-refractivity contribution in [1.29, 1.82) is 0 Å². The number of allylic oxidation sites excluding steroid dienone is 1. The van der Waals surface area contributed by atoms with Gasteiger partial charge in [-0.3, -0.25) is 4.72 Å². The number of halogens is 1. The number of rotatable bonds is 5. The molecule has 0 heterocycles. The van der Waals surface area contributed by atoms with E-state index in [0.29, 0.717) is 0 Å². The third kappa shape index (κ3) is 4.70. The molecule has 1 N–H and O–H groups in total. The van der Waals surface area contributed by atoms with Crippen LogP contribution >= 0.6 is 0 Å². The van der Waals surface area contributed by atoms with E-state index in [1.807, 2.05) is 0 Å². The molecule has 1 rings (SSSR count). The van der Waals surface area contributed by atoms with Crippen LogP contribution in [-0.2, 0) is 19.6 Å². The lowest BCUT2D eigenvalue weighted by Crippen LogP contribution is -2.22. The summed E-state index contributed by atoms with van der Waals surface area (Å²) in [5, 5.41) is 0. The van der Waals surface area contributed by atoms with Crippen molar-refractivity contribution in [2.45, 2.75) is 18.7 Å². The van der Waals surface area contributed by atoms with E-state index in [1.165, 1.54) is 6.92 Å². The average Bonchev–Trinajstić information content (AvgIpc) is 2.28. The first-order valence-electron chi connectivity index (χ1n) is 5.48. The number of hydrogen-bond acceptors (Lipinski definition) is 4. The van der Waals surface area contributed by atoms with Gasteiger partial charge in [0.1, 0.15) is 5.82 Å². The molecule has 0 bridgehead atoms. The number of carbonyl (C=O) groups is 1. The first kappa shape index (κ1) is 15.2. The fourth-order valence-corrected chi connectivity index (χ4v) is 2.37. The molecule has 0 spiro atoms. The van der Waals surface area contributed by atoms with Gasteiger partial charge in [-0.1, -0.05) is 0 Å². The number of esters is 1. The Kier molecular flexibility index (Phi) is 5.05. The molecule has 0 fully saturated rings. The molecule has 0 radical (unpaired) electrons. The van der Waals surface area contributed by atoms with Gasteiger partial charge in [-0.15, -0.1) is 0 Å². The molecule has 0 aromatic heterocycles. The maximum Gasteiger partial charge on any atom is 0.332 e. The standard InChI is InChI=1S/C12H14FNO4S/c1-3-18-12(15)8-9(2)14-19(16,17)11-6-4-10(13)5-7-11/h4-8,14H,3H2,1-2H3. The van der Waals surface area contributed by atoms with Crippen molar-refractivity contribution >= 4 is 16.0 Å². The summed E-state index contributed by atoms with van der Waals surface area (Å²) in [6.07, 6.45) is 1.03. The zero-order valence-electron chi connectivity index (χ0n) is 10.5. The number of ether oxygens (including phenoxy) is 1. The molecule has 5 nitrogen and oxygen atoms in total. The maximum absolute atomic E-state index is 12.7. The van der Waals surface area contributed by atoms with E-state index in [1.54, 1.807) is 6.92 Å². The van der Waals surface area contributed by atoms with E-state index in [-0.39, 0.29) is 17.2 Å². The topological polar surface area (TPSA) is 72.5 Å². The van der Waals surface area contributed by atoms with Gasteiger partial charge < -0.3 is 4.74 Å². The predicted octanol–water partition coefficient (Wildman–Crippen LogP) is 1.57. The summed E-state index contributed by atoms with van der Waals surface area (Å²) in [5.74, 6) is -1.17. The Balaban J connectivity index is 2.85. The lowest BCUT2D eigenvalue weighted by Gasteiger charge is -2.08. The van der Waals surface area contributed by atoms with E-state index < -0.39 is 21.8 Å². The van der Waals surface area contributed by atoms with Crippen LogP contribution in [0.4, 0.5) is 4.39 Å². The molecule has 19 heavy (non-hydrogen) atoms. The summed E-state index contributed by atoms with van der Waals surface area (Å²) < 4.78 is 43.3. The van der Waals surface area contributed by atoms with Gasteiger partial charge in [-0.2, -0.15) is 0 Å². The second-order valence-electron chi connectivity index (χ2n) is 3.64. The molecule has 0 saturated carbocycles. The average molecular weight is 287 g/mol. The molecule has 7 heteroatoms. The van der Waals surface area contributed by atoms with Gasteiger partial charge in [-0.25, -0.2) is 17.6 Å². The summed E-state index contributed by atoms with van der Waals surface area (Å²) >= 11 is 0. The van der Waals surface area contributed by atoms with Gasteiger partial charge in [0.15, 0.2) is 0 Å². The number of carbonyl (C=O) groups excluding carboxylic acids is 1. The largest absolute Gasteiger partial charge is 0.463 e. The predicted molar refractivity (Wildman–Crippen MR) is 67.1 cm³/mol. The molecule has 0 aliphatic heterocycles. The SMILES string of the molecule is CCOC(=O)C=C(C)NS(=O)(=O)c1ccc(F)cc1. The van der Waals surface area contributed by atoms with Crippen molar-refractivity contribution < 1.29 is 22.3 Å². The van der Waals surface area contributed by atoms with Crippen LogP contribution in [0.5, 0.6) is 0 Å². The molecular weight excluding hydrogens is 273 g/mol. The maximum atomic E-state index is 12.7. The summed E-state index contributed by atoms with van der Waals surface area (Å²) in [4.78, 5) is 11.0. The Hall–Kier alpha value is -1.89. The van der Waals surface area contributed by atoms with Gasteiger partial charge in [-0.05, 0) is 38.1 Å². The van der Waals surface area contributed by atoms with E-state index >= 15 is 0 Å². The Labute approximate surface area is 111 Å². The third-order valence-electron chi connectivity index (χ3n) is 2.04. The van der Waals surface area contributed by atoms with Crippen LogP contribution in [0.15, 0.2) is 40.9 Å². The van der Waals surface area contributed by atoms with Gasteiger partial charge in [0.05, 0.1) is 11.5 Å². The third-order valence-corrected chi connectivity index (χ3v) is 3.52. The van der Waals surface area contributed by atoms with E-state index in [2.05, 4.69) is 9.46 Å². The van der Waals surface area contributed by atoms with E-state index in [9.17, 15) is 17.6 Å². The van der Waals surface area contributed by atoms with Crippen molar-refractivity contribution in [3.63, 3.8) is 0 Å². The highest BCUT2D eigenvalue weighted by molar-refractivity contribution is 7.89. The Morgan fingerprint density at radius 2 is 1.95 bits per heavy atom. The van der Waals surface area contributed by atoms with Crippen LogP contribution < -0.4 is 4.72 Å². The zero-order chi connectivity index (χ0) is 14.5. The summed E-state index contributed by atoms with van der Waals surface area (Å²) in [6, 6.07) is 4.35. The number of sulfonamides is 1. The summed E-state index contributed by atoms with van der Waals surface area (Å²) in [5.41, 5.74) is 0.114. The smallest absolute Gasteiger partial charge is 0.332 e. The van der Waals surface area contributed by atoms with Gasteiger partial charge in [0.2, 0.25) is 0 Å². The number of hydrogen-bond donors (Lipinski definition) is 1. The highest BCUT2D eigenvalue weighted by Crippen LogP contribution is 2.10. The Bertz CT molecular complexity index is 578. The molecule has 0 unspecified atom stereocenters. The van der Waals surface area contributed by atoms with Crippen LogP contribution in [-0.4, -0.2) is 21.0 Å². The molecule has 0 aliphatic carbocycles. The molecule has 0 atom stereocenters. The lowest BCUT2D eigenvalue weighted by atomic mass is 10.4. The van der Waals surface area contributed by atoms with E-state index in [0.717, 1.165) is 30.3 Å². The van der Waals surface area contributed by atoms with Crippen molar-refractivity contribution in [3.05, 3.63) is 41.9 Å². The summed E-state index contributed by atoms with van der Waals surface area (Å²) in [6.45, 7) is 3.26. The molecule has 1 aromatic rings. The van der Waals surface area contributed by atoms with Crippen LogP contribution in [0.25, 0.3) is 0 Å². The number of benzene rings is 1. The van der Waals surface area contributed by atoms with Gasteiger partial charge in [0, 0.05) is 11.8 Å². The van der Waals surface area contributed by atoms with Crippen LogP contribution in [0.2, 0.25) is 0 Å². The Morgan fingerprint density at radius 3 is 2.47 bits per heavy atom. The van der Waals surface area contributed by atoms with Crippen LogP contribution in [0, 0.1) is 5.82 Å². The highest BCUT2D eigenvalue weighted by Gasteiger charge is 2.14. The fourth-order valence-electron chi connectivity index (χ4n) is 1.27.